The van der Waals surface area contributed by atoms with Crippen LogP contribution in [-0.4, -0.2) is 5.91 Å². The highest BCUT2D eigenvalue weighted by Crippen LogP contribution is 2.26. The molecule has 0 aromatic heterocycles. The molecule has 0 aliphatic rings. The number of para-hydroxylation sites is 3. The number of amides is 1. The van der Waals surface area contributed by atoms with Crippen LogP contribution < -0.4 is 10.1 Å². The molecule has 0 bridgehead atoms. The van der Waals surface area contributed by atoms with E-state index in [-0.39, 0.29) is 5.91 Å². The van der Waals surface area contributed by atoms with Crippen LogP contribution in [0.3, 0.4) is 0 Å². The van der Waals surface area contributed by atoms with Crippen LogP contribution in [0.15, 0.2) is 78.9 Å². The summed E-state index contributed by atoms with van der Waals surface area (Å²) in [6.45, 7) is 2.17. The van der Waals surface area contributed by atoms with Gasteiger partial charge in [-0.1, -0.05) is 61.9 Å². The van der Waals surface area contributed by atoms with Gasteiger partial charge in [-0.2, -0.15) is 0 Å². The van der Waals surface area contributed by atoms with E-state index in [4.69, 9.17) is 4.74 Å². The molecule has 0 spiro atoms. The van der Waals surface area contributed by atoms with Crippen LogP contribution in [-0.2, 0) is 6.42 Å². The zero-order chi connectivity index (χ0) is 18.2. The van der Waals surface area contributed by atoms with Gasteiger partial charge in [0.2, 0.25) is 0 Å². The summed E-state index contributed by atoms with van der Waals surface area (Å²) in [7, 11) is 0. The first-order valence-corrected chi connectivity index (χ1v) is 8.99. The Balaban J connectivity index is 1.81. The van der Waals surface area contributed by atoms with Crippen molar-refractivity contribution < 1.29 is 9.53 Å². The minimum absolute atomic E-state index is 0.166. The molecule has 0 atom stereocenters. The third-order valence-electron chi connectivity index (χ3n) is 4.17. The number of hydrogen-bond acceptors (Lipinski definition) is 2. The molecule has 1 amide bonds. The Kier molecular flexibility index (Phi) is 6.05. The average Bonchev–Trinajstić information content (AvgIpc) is 2.68. The van der Waals surface area contributed by atoms with Gasteiger partial charge in [-0.15, -0.1) is 0 Å². The molecule has 0 aliphatic heterocycles. The average molecular weight is 345 g/mol. The van der Waals surface area contributed by atoms with Gasteiger partial charge in [-0.25, -0.2) is 0 Å². The van der Waals surface area contributed by atoms with Crippen molar-refractivity contribution in [3.63, 3.8) is 0 Å². The lowest BCUT2D eigenvalue weighted by atomic mass is 10.1. The number of carbonyl (C=O) groups is 1. The maximum absolute atomic E-state index is 12.9. The fourth-order valence-electron chi connectivity index (χ4n) is 2.78. The Bertz CT molecular complexity index is 859. The molecule has 0 saturated heterocycles. The Morgan fingerprint density at radius 2 is 1.58 bits per heavy atom. The molecular formula is C23H23NO2. The summed E-state index contributed by atoms with van der Waals surface area (Å²) in [5, 5.41) is 3.04. The van der Waals surface area contributed by atoms with Crippen LogP contribution in [0.1, 0.15) is 35.7 Å². The van der Waals surface area contributed by atoms with Crippen LogP contribution >= 0.6 is 0 Å². The molecule has 0 saturated carbocycles. The predicted molar refractivity (Wildman–Crippen MR) is 106 cm³/mol. The lowest BCUT2D eigenvalue weighted by molar-refractivity contribution is 0.102. The van der Waals surface area contributed by atoms with Crippen LogP contribution in [0.25, 0.3) is 0 Å². The minimum Gasteiger partial charge on any atom is -0.457 e. The van der Waals surface area contributed by atoms with E-state index in [1.807, 2.05) is 66.7 Å². The van der Waals surface area contributed by atoms with Crippen molar-refractivity contribution in [1.29, 1.82) is 0 Å². The van der Waals surface area contributed by atoms with Crippen molar-refractivity contribution in [3.05, 3.63) is 90.0 Å². The Labute approximate surface area is 154 Å². The van der Waals surface area contributed by atoms with Gasteiger partial charge >= 0.3 is 0 Å². The highest BCUT2D eigenvalue weighted by Gasteiger charge is 2.14. The number of ether oxygens (including phenoxy) is 1. The minimum atomic E-state index is -0.166. The Morgan fingerprint density at radius 1 is 0.885 bits per heavy atom. The number of benzene rings is 3. The molecule has 3 aromatic rings. The van der Waals surface area contributed by atoms with Gasteiger partial charge in [0.15, 0.2) is 0 Å². The molecule has 26 heavy (non-hydrogen) atoms. The number of rotatable bonds is 7. The molecule has 3 heteroatoms. The largest absolute Gasteiger partial charge is 0.457 e. The molecule has 0 heterocycles. The van der Waals surface area contributed by atoms with E-state index in [1.165, 1.54) is 0 Å². The summed E-state index contributed by atoms with van der Waals surface area (Å²) < 4.78 is 5.90. The third-order valence-corrected chi connectivity index (χ3v) is 4.17. The second-order valence-electron chi connectivity index (χ2n) is 6.13. The Morgan fingerprint density at radius 3 is 2.38 bits per heavy atom. The Hall–Kier alpha value is -3.07. The van der Waals surface area contributed by atoms with Crippen molar-refractivity contribution in [2.24, 2.45) is 0 Å². The molecule has 0 fully saturated rings. The third kappa shape index (κ3) is 4.51. The smallest absolute Gasteiger partial charge is 0.259 e. The van der Waals surface area contributed by atoms with Gasteiger partial charge in [0.25, 0.3) is 5.91 Å². The summed E-state index contributed by atoms with van der Waals surface area (Å²) in [5.41, 5.74) is 2.53. The zero-order valence-electron chi connectivity index (χ0n) is 14.9. The van der Waals surface area contributed by atoms with Gasteiger partial charge in [0.05, 0.1) is 5.56 Å². The summed E-state index contributed by atoms with van der Waals surface area (Å²) in [6.07, 6.45) is 3.17. The molecule has 3 aromatic carbocycles. The van der Waals surface area contributed by atoms with E-state index >= 15 is 0 Å². The van der Waals surface area contributed by atoms with Crippen LogP contribution in [0.4, 0.5) is 5.69 Å². The molecule has 3 nitrogen and oxygen atoms in total. The first-order valence-electron chi connectivity index (χ1n) is 8.99. The van der Waals surface area contributed by atoms with Crippen molar-refractivity contribution >= 4 is 11.6 Å². The quantitative estimate of drug-likeness (QED) is 0.564. The van der Waals surface area contributed by atoms with Crippen molar-refractivity contribution in [2.45, 2.75) is 26.2 Å². The van der Waals surface area contributed by atoms with Gasteiger partial charge in [-0.05, 0) is 48.7 Å². The second-order valence-corrected chi connectivity index (χ2v) is 6.13. The van der Waals surface area contributed by atoms with Crippen LogP contribution in [0.2, 0.25) is 0 Å². The number of nitrogens with one attached hydrogen (secondary N) is 1. The number of hydrogen-bond donors (Lipinski definition) is 1. The fourth-order valence-corrected chi connectivity index (χ4v) is 2.78. The lowest BCUT2D eigenvalue weighted by Crippen LogP contribution is -2.14. The highest BCUT2D eigenvalue weighted by molar-refractivity contribution is 6.06. The van der Waals surface area contributed by atoms with Gasteiger partial charge in [-0.3, -0.25) is 4.79 Å². The van der Waals surface area contributed by atoms with Gasteiger partial charge in [0, 0.05) is 5.69 Å². The fraction of sp³-hybridized carbons (Fsp3) is 0.174. The maximum atomic E-state index is 12.9. The van der Waals surface area contributed by atoms with Crippen LogP contribution in [0.5, 0.6) is 11.5 Å². The highest BCUT2D eigenvalue weighted by atomic mass is 16.5. The molecule has 0 aliphatic carbocycles. The molecule has 3 rings (SSSR count). The standard InChI is InChI=1S/C23H23NO2/c1-2-3-11-18-12-7-9-16-21(18)24-23(25)20-15-8-10-17-22(20)26-19-13-5-4-6-14-19/h4-10,12-17H,2-3,11H2,1H3,(H,24,25). The monoisotopic (exact) mass is 345 g/mol. The SMILES string of the molecule is CCCCc1ccccc1NC(=O)c1ccccc1Oc1ccccc1. The number of aryl methyl sites for hydroxylation is 1. The topological polar surface area (TPSA) is 38.3 Å². The van der Waals surface area contributed by atoms with Crippen molar-refractivity contribution in [2.75, 3.05) is 5.32 Å². The van der Waals surface area contributed by atoms with Crippen molar-refractivity contribution in [1.82, 2.24) is 0 Å². The van der Waals surface area contributed by atoms with E-state index < -0.39 is 0 Å². The predicted octanol–water partition coefficient (Wildman–Crippen LogP) is 6.07. The molecule has 0 radical (unpaired) electrons. The summed E-state index contributed by atoms with van der Waals surface area (Å²) in [5.74, 6) is 1.08. The van der Waals surface area contributed by atoms with E-state index in [2.05, 4.69) is 18.3 Å². The zero-order valence-corrected chi connectivity index (χ0v) is 14.9. The van der Waals surface area contributed by atoms with E-state index in [9.17, 15) is 4.79 Å². The van der Waals surface area contributed by atoms with Gasteiger partial charge in [0.1, 0.15) is 11.5 Å². The van der Waals surface area contributed by atoms with E-state index in [1.54, 1.807) is 6.07 Å². The first kappa shape index (κ1) is 17.7. The molecule has 132 valence electrons. The van der Waals surface area contributed by atoms with E-state index in [0.29, 0.717) is 17.1 Å². The number of unbranched alkanes of at least 4 members (excludes halogenated alkanes) is 1. The lowest BCUT2D eigenvalue weighted by Gasteiger charge is -2.13. The van der Waals surface area contributed by atoms with Gasteiger partial charge < -0.3 is 10.1 Å². The summed E-state index contributed by atoms with van der Waals surface area (Å²) >= 11 is 0. The molecule has 0 unspecified atom stereocenters. The molecule has 1 N–H and O–H groups in total. The van der Waals surface area contributed by atoms with Crippen molar-refractivity contribution in [3.8, 4) is 11.5 Å². The second kappa shape index (κ2) is 8.86. The normalized spacial score (nSPS) is 10.3. The maximum Gasteiger partial charge on any atom is 0.259 e. The molecular weight excluding hydrogens is 322 g/mol. The first-order chi connectivity index (χ1) is 12.8. The number of anilines is 1. The summed E-state index contributed by atoms with van der Waals surface area (Å²) in [4.78, 5) is 12.9. The number of carbonyl (C=O) groups excluding carboxylic acids is 1. The van der Waals surface area contributed by atoms with Crippen LogP contribution in [0, 0.1) is 0 Å². The summed E-state index contributed by atoms with van der Waals surface area (Å²) in [6, 6.07) is 24.7. The van der Waals surface area contributed by atoms with E-state index in [0.717, 1.165) is 30.5 Å².